The fraction of sp³-hybridized carbons (Fsp3) is 0.700. The lowest BCUT2D eigenvalue weighted by atomic mass is 10.3. The zero-order valence-electron chi connectivity index (χ0n) is 10.6. The van der Waals surface area contributed by atoms with Crippen molar-refractivity contribution in [3.63, 3.8) is 0 Å². The number of carbonyl (C=O) groups excluding carboxylic acids is 3. The van der Waals surface area contributed by atoms with E-state index in [2.05, 4.69) is 4.74 Å². The Morgan fingerprint density at radius 3 is 2.11 bits per heavy atom. The maximum Gasteiger partial charge on any atom is 0.306 e. The van der Waals surface area contributed by atoms with Gasteiger partial charge in [-0.2, -0.15) is 0 Å². The molecule has 0 aliphatic rings. The van der Waals surface area contributed by atoms with Gasteiger partial charge in [0.2, 0.25) is 15.9 Å². The topological polar surface area (TPSA) is 97.8 Å². The highest BCUT2D eigenvalue weighted by molar-refractivity contribution is 7.88. The highest BCUT2D eigenvalue weighted by Crippen LogP contribution is 2.05. The minimum Gasteiger partial charge on any atom is -0.466 e. The summed E-state index contributed by atoms with van der Waals surface area (Å²) in [5.41, 5.74) is 0. The third-order valence-electron chi connectivity index (χ3n) is 1.89. The van der Waals surface area contributed by atoms with Gasteiger partial charge in [0, 0.05) is 6.42 Å². The summed E-state index contributed by atoms with van der Waals surface area (Å²) in [6, 6.07) is 0. The molecule has 0 unspecified atom stereocenters. The molecule has 0 saturated carbocycles. The van der Waals surface area contributed by atoms with Crippen LogP contribution in [0.5, 0.6) is 0 Å². The number of rotatable bonds is 7. The molecule has 104 valence electrons. The van der Waals surface area contributed by atoms with E-state index in [0.717, 1.165) is 6.26 Å². The Hall–Kier alpha value is -1.44. The minimum absolute atomic E-state index is 0.191. The number of ketones is 1. The van der Waals surface area contributed by atoms with Crippen molar-refractivity contribution in [3.05, 3.63) is 0 Å². The summed E-state index contributed by atoms with van der Waals surface area (Å²) in [6.45, 7) is 2.48. The lowest BCUT2D eigenvalue weighted by Gasteiger charge is -2.18. The van der Waals surface area contributed by atoms with Crippen LogP contribution < -0.4 is 0 Å². The van der Waals surface area contributed by atoms with Crippen LogP contribution in [-0.2, 0) is 29.1 Å². The summed E-state index contributed by atoms with van der Waals surface area (Å²) in [6.07, 6.45) is 0.313. The molecule has 0 aliphatic carbocycles. The standard InChI is InChI=1S/C10H17NO6S/c1-4-17-10(14)6-5-9(13)11(7-8(2)12)18(3,15)16/h4-7H2,1-3H3. The first kappa shape index (κ1) is 16.6. The van der Waals surface area contributed by atoms with E-state index in [4.69, 9.17) is 0 Å². The molecule has 0 aromatic rings. The maximum atomic E-state index is 11.6. The van der Waals surface area contributed by atoms with E-state index in [1.807, 2.05) is 0 Å². The molecule has 0 bridgehead atoms. The molecule has 18 heavy (non-hydrogen) atoms. The van der Waals surface area contributed by atoms with Gasteiger partial charge in [-0.1, -0.05) is 0 Å². The SMILES string of the molecule is CCOC(=O)CCC(=O)N(CC(C)=O)S(C)(=O)=O. The molecule has 0 heterocycles. The van der Waals surface area contributed by atoms with Gasteiger partial charge in [-0.15, -0.1) is 0 Å². The van der Waals surface area contributed by atoms with Crippen molar-refractivity contribution in [1.82, 2.24) is 4.31 Å². The Labute approximate surface area is 106 Å². The van der Waals surface area contributed by atoms with Crippen molar-refractivity contribution in [1.29, 1.82) is 0 Å². The first-order valence-electron chi connectivity index (χ1n) is 5.34. The first-order valence-corrected chi connectivity index (χ1v) is 7.19. The van der Waals surface area contributed by atoms with Crippen LogP contribution >= 0.6 is 0 Å². The molecule has 1 amide bonds. The number of carbonyl (C=O) groups is 3. The molecule has 0 aliphatic heterocycles. The monoisotopic (exact) mass is 279 g/mol. The molecule has 0 aromatic heterocycles. The predicted molar refractivity (Wildman–Crippen MR) is 63.1 cm³/mol. The molecule has 0 N–H and O–H groups in total. The van der Waals surface area contributed by atoms with Gasteiger partial charge in [-0.05, 0) is 13.8 Å². The molecular weight excluding hydrogens is 262 g/mol. The number of esters is 1. The second kappa shape index (κ2) is 7.10. The van der Waals surface area contributed by atoms with Crippen molar-refractivity contribution >= 4 is 27.7 Å². The first-order chi connectivity index (χ1) is 8.18. The number of hydrogen-bond donors (Lipinski definition) is 0. The second-order valence-corrected chi connectivity index (χ2v) is 5.58. The third-order valence-corrected chi connectivity index (χ3v) is 3.03. The molecule has 0 fully saturated rings. The van der Waals surface area contributed by atoms with Crippen molar-refractivity contribution in [2.45, 2.75) is 26.7 Å². The normalized spacial score (nSPS) is 10.8. The quantitative estimate of drug-likeness (QED) is 0.594. The molecule has 0 atom stereocenters. The predicted octanol–water partition coefficient (Wildman–Crippen LogP) is -0.293. The summed E-state index contributed by atoms with van der Waals surface area (Å²) in [5.74, 6) is -1.83. The Morgan fingerprint density at radius 1 is 1.17 bits per heavy atom. The molecule has 0 spiro atoms. The van der Waals surface area contributed by atoms with Crippen LogP contribution in [0, 0.1) is 0 Å². The van der Waals surface area contributed by atoms with Crippen LogP contribution in [0.4, 0.5) is 0 Å². The number of hydrogen-bond acceptors (Lipinski definition) is 6. The minimum atomic E-state index is -3.81. The molecule has 0 saturated heterocycles. The van der Waals surface area contributed by atoms with Gasteiger partial charge in [-0.25, -0.2) is 12.7 Å². The largest absolute Gasteiger partial charge is 0.466 e. The third kappa shape index (κ3) is 6.33. The van der Waals surface area contributed by atoms with Crippen LogP contribution in [0.15, 0.2) is 0 Å². The van der Waals surface area contributed by atoms with E-state index >= 15 is 0 Å². The fourth-order valence-corrected chi connectivity index (χ4v) is 2.04. The van der Waals surface area contributed by atoms with Crippen LogP contribution in [0.25, 0.3) is 0 Å². The zero-order valence-corrected chi connectivity index (χ0v) is 11.4. The van der Waals surface area contributed by atoms with Crippen LogP contribution in [0.1, 0.15) is 26.7 Å². The highest BCUT2D eigenvalue weighted by atomic mass is 32.2. The molecule has 8 heteroatoms. The molecular formula is C10H17NO6S. The van der Waals surface area contributed by atoms with E-state index < -0.39 is 34.2 Å². The Kier molecular flexibility index (Phi) is 6.53. The lowest BCUT2D eigenvalue weighted by Crippen LogP contribution is -2.39. The average molecular weight is 279 g/mol. The van der Waals surface area contributed by atoms with E-state index in [-0.39, 0.29) is 19.4 Å². The molecule has 0 radical (unpaired) electrons. The van der Waals surface area contributed by atoms with E-state index in [1.165, 1.54) is 6.92 Å². The van der Waals surface area contributed by atoms with Gasteiger partial charge in [0.1, 0.15) is 5.78 Å². The Morgan fingerprint density at radius 2 is 1.72 bits per heavy atom. The summed E-state index contributed by atoms with van der Waals surface area (Å²) in [4.78, 5) is 33.5. The van der Waals surface area contributed by atoms with Gasteiger partial charge in [-0.3, -0.25) is 14.4 Å². The molecule has 0 rings (SSSR count). The number of amides is 1. The van der Waals surface area contributed by atoms with Gasteiger partial charge in [0.05, 0.1) is 25.8 Å². The van der Waals surface area contributed by atoms with Gasteiger partial charge >= 0.3 is 5.97 Å². The van der Waals surface area contributed by atoms with Crippen molar-refractivity contribution in [2.75, 3.05) is 19.4 Å². The fourth-order valence-electron chi connectivity index (χ4n) is 1.16. The van der Waals surface area contributed by atoms with Crippen LogP contribution in [0.3, 0.4) is 0 Å². The maximum absolute atomic E-state index is 11.6. The highest BCUT2D eigenvalue weighted by Gasteiger charge is 2.24. The van der Waals surface area contributed by atoms with Gasteiger partial charge < -0.3 is 4.74 Å². The summed E-state index contributed by atoms with van der Waals surface area (Å²) < 4.78 is 27.7. The second-order valence-electron chi connectivity index (χ2n) is 3.67. The molecule has 7 nitrogen and oxygen atoms in total. The number of sulfonamides is 1. The van der Waals surface area contributed by atoms with Gasteiger partial charge in [0.25, 0.3) is 0 Å². The van der Waals surface area contributed by atoms with Crippen molar-refractivity contribution < 1.29 is 27.5 Å². The van der Waals surface area contributed by atoms with Crippen LogP contribution in [0.2, 0.25) is 0 Å². The van der Waals surface area contributed by atoms with E-state index in [0.29, 0.717) is 4.31 Å². The zero-order chi connectivity index (χ0) is 14.3. The van der Waals surface area contributed by atoms with Gasteiger partial charge in [0.15, 0.2) is 0 Å². The summed E-state index contributed by atoms with van der Waals surface area (Å²) in [5, 5.41) is 0. The van der Waals surface area contributed by atoms with E-state index in [1.54, 1.807) is 6.92 Å². The number of ether oxygens (including phenoxy) is 1. The lowest BCUT2D eigenvalue weighted by molar-refractivity contribution is -0.145. The summed E-state index contributed by atoms with van der Waals surface area (Å²) >= 11 is 0. The van der Waals surface area contributed by atoms with E-state index in [9.17, 15) is 22.8 Å². The average Bonchev–Trinajstić information content (AvgIpc) is 2.21. The Bertz CT molecular complexity index is 428. The van der Waals surface area contributed by atoms with Crippen LogP contribution in [-0.4, -0.2) is 49.8 Å². The molecule has 0 aromatic carbocycles. The Balaban J connectivity index is 4.59. The summed E-state index contributed by atoms with van der Waals surface area (Å²) in [7, 11) is -3.81. The number of Topliss-reactive ketones (excluding diaryl/α,β-unsaturated/α-hetero) is 1. The van der Waals surface area contributed by atoms with Crippen molar-refractivity contribution in [3.8, 4) is 0 Å². The number of nitrogens with zero attached hydrogens (tertiary/aromatic N) is 1. The smallest absolute Gasteiger partial charge is 0.306 e. The van der Waals surface area contributed by atoms with Crippen molar-refractivity contribution in [2.24, 2.45) is 0 Å².